The lowest BCUT2D eigenvalue weighted by Gasteiger charge is -2.38. The molecule has 126 valence electrons. The molecule has 1 aromatic heterocycles. The summed E-state index contributed by atoms with van der Waals surface area (Å²) in [6.45, 7) is 6.03. The highest BCUT2D eigenvalue weighted by molar-refractivity contribution is 14.1. The van der Waals surface area contributed by atoms with Gasteiger partial charge in [0.25, 0.3) is 0 Å². The summed E-state index contributed by atoms with van der Waals surface area (Å²) in [5.41, 5.74) is 1.54. The van der Waals surface area contributed by atoms with Crippen LogP contribution in [-0.4, -0.2) is 39.4 Å². The number of nitrogens with zero attached hydrogens (tertiary/aromatic N) is 3. The first-order valence-electron chi connectivity index (χ1n) is 8.15. The number of amides is 1. The predicted octanol–water partition coefficient (Wildman–Crippen LogP) is 2.82. The van der Waals surface area contributed by atoms with Crippen molar-refractivity contribution in [3.63, 3.8) is 0 Å². The van der Waals surface area contributed by atoms with Crippen LogP contribution < -0.4 is 15.5 Å². The predicted molar refractivity (Wildman–Crippen MR) is 101 cm³/mol. The van der Waals surface area contributed by atoms with E-state index in [0.717, 1.165) is 23.1 Å². The summed E-state index contributed by atoms with van der Waals surface area (Å²) in [6.07, 6.45) is 2.37. The summed E-state index contributed by atoms with van der Waals surface area (Å²) < 4.78 is 1.21. The fraction of sp³-hybridized carbons (Fsp3) is 0.688. The monoisotopic (exact) mass is 429 g/mol. The molecule has 0 bridgehead atoms. The molecule has 3 rings (SSSR count). The maximum Gasteiger partial charge on any atom is 0.247 e. The molecule has 7 heteroatoms. The molecule has 0 aromatic carbocycles. The molecule has 2 heterocycles. The van der Waals surface area contributed by atoms with Crippen LogP contribution in [0.4, 0.5) is 17.5 Å². The zero-order valence-electron chi connectivity index (χ0n) is 14.1. The minimum Gasteiger partial charge on any atom is -0.351 e. The number of fused-ring (bicyclic) bond motifs is 1. The lowest BCUT2D eigenvalue weighted by Crippen LogP contribution is -2.50. The second-order valence-electron chi connectivity index (χ2n) is 6.95. The Balaban J connectivity index is 1.84. The molecule has 1 saturated carbocycles. The highest BCUT2D eigenvalue weighted by Gasteiger charge is 2.36. The van der Waals surface area contributed by atoms with Crippen LogP contribution in [0.3, 0.4) is 0 Å². The summed E-state index contributed by atoms with van der Waals surface area (Å²) in [5, 5.41) is 6.42. The Kier molecular flexibility index (Phi) is 4.66. The highest BCUT2D eigenvalue weighted by Crippen LogP contribution is 2.35. The molecule has 1 aliphatic heterocycles. The number of hydrogen-bond donors (Lipinski definition) is 2. The van der Waals surface area contributed by atoms with Crippen LogP contribution in [0.5, 0.6) is 0 Å². The van der Waals surface area contributed by atoms with Crippen LogP contribution in [0, 0.1) is 18.8 Å². The molecule has 1 aliphatic carbocycles. The fourth-order valence-electron chi connectivity index (χ4n) is 3.44. The third-order valence-corrected chi connectivity index (χ3v) is 6.00. The molecule has 0 saturated heterocycles. The number of rotatable bonds is 4. The SMILES string of the molecule is Cc1nc(NC2CC(CI)C2)nc2c1NC(=O)[C@H](C(C)C)N2C. The quantitative estimate of drug-likeness (QED) is 0.569. The number of aryl methyl sites for hydroxylation is 1. The Bertz CT molecular complexity index is 615. The van der Waals surface area contributed by atoms with Crippen LogP contribution in [0.25, 0.3) is 0 Å². The van der Waals surface area contributed by atoms with Gasteiger partial charge in [-0.1, -0.05) is 36.4 Å². The van der Waals surface area contributed by atoms with Crippen LogP contribution in [0.15, 0.2) is 0 Å². The number of carbonyl (C=O) groups is 1. The molecule has 1 aromatic rings. The van der Waals surface area contributed by atoms with E-state index in [1.54, 1.807) is 0 Å². The molecule has 1 fully saturated rings. The lowest BCUT2D eigenvalue weighted by molar-refractivity contribution is -0.118. The van der Waals surface area contributed by atoms with E-state index in [1.807, 2.05) is 18.9 Å². The molecule has 1 amide bonds. The normalized spacial score (nSPS) is 26.6. The molecule has 2 N–H and O–H groups in total. The maximum absolute atomic E-state index is 12.3. The van der Waals surface area contributed by atoms with Gasteiger partial charge in [0.2, 0.25) is 11.9 Å². The van der Waals surface area contributed by atoms with Crippen molar-refractivity contribution in [2.24, 2.45) is 11.8 Å². The molecule has 0 spiro atoms. The number of aromatic nitrogens is 2. The number of hydrogen-bond acceptors (Lipinski definition) is 5. The van der Waals surface area contributed by atoms with Crippen molar-refractivity contribution in [2.45, 2.75) is 45.7 Å². The number of halogens is 1. The zero-order valence-corrected chi connectivity index (χ0v) is 16.2. The molecule has 1 atom stereocenters. The van der Waals surface area contributed by atoms with E-state index in [1.165, 1.54) is 17.3 Å². The maximum atomic E-state index is 12.3. The van der Waals surface area contributed by atoms with Gasteiger partial charge in [0, 0.05) is 17.5 Å². The van der Waals surface area contributed by atoms with Crippen molar-refractivity contribution in [2.75, 3.05) is 27.0 Å². The van der Waals surface area contributed by atoms with Crippen LogP contribution in [0.1, 0.15) is 32.4 Å². The Labute approximate surface area is 151 Å². The van der Waals surface area contributed by atoms with Gasteiger partial charge in [0.1, 0.15) is 11.7 Å². The molecular weight excluding hydrogens is 405 g/mol. The van der Waals surface area contributed by atoms with E-state index in [2.05, 4.69) is 57.0 Å². The van der Waals surface area contributed by atoms with E-state index < -0.39 is 0 Å². The average Bonchev–Trinajstić information content (AvgIpc) is 2.43. The third kappa shape index (κ3) is 3.12. The van der Waals surface area contributed by atoms with Crippen molar-refractivity contribution in [1.82, 2.24) is 9.97 Å². The van der Waals surface area contributed by atoms with Gasteiger partial charge in [-0.2, -0.15) is 4.98 Å². The number of alkyl halides is 1. The van der Waals surface area contributed by atoms with Gasteiger partial charge >= 0.3 is 0 Å². The average molecular weight is 429 g/mol. The summed E-state index contributed by atoms with van der Waals surface area (Å²) in [4.78, 5) is 23.5. The first-order valence-corrected chi connectivity index (χ1v) is 9.68. The second-order valence-corrected chi connectivity index (χ2v) is 7.83. The minimum absolute atomic E-state index is 0.0197. The summed E-state index contributed by atoms with van der Waals surface area (Å²) in [6, 6.07) is 0.272. The van der Waals surface area contributed by atoms with Crippen molar-refractivity contribution >= 4 is 46.0 Å². The largest absolute Gasteiger partial charge is 0.351 e. The van der Waals surface area contributed by atoms with Gasteiger partial charge in [-0.15, -0.1) is 0 Å². The summed E-state index contributed by atoms with van der Waals surface area (Å²) in [5.74, 6) is 2.54. The summed E-state index contributed by atoms with van der Waals surface area (Å²) >= 11 is 2.45. The first kappa shape index (κ1) is 16.7. The number of anilines is 3. The molecule has 6 nitrogen and oxygen atoms in total. The summed E-state index contributed by atoms with van der Waals surface area (Å²) in [7, 11) is 1.94. The van der Waals surface area contributed by atoms with Crippen LogP contribution >= 0.6 is 22.6 Å². The number of likely N-dealkylation sites (N-methyl/N-ethyl adjacent to an activating group) is 1. The second kappa shape index (κ2) is 6.41. The van der Waals surface area contributed by atoms with E-state index >= 15 is 0 Å². The first-order chi connectivity index (χ1) is 10.9. The Morgan fingerprint density at radius 1 is 1.39 bits per heavy atom. The number of nitrogens with one attached hydrogen (secondary N) is 2. The zero-order chi connectivity index (χ0) is 16.7. The van der Waals surface area contributed by atoms with Crippen molar-refractivity contribution in [3.05, 3.63) is 5.69 Å². The molecule has 23 heavy (non-hydrogen) atoms. The van der Waals surface area contributed by atoms with E-state index in [0.29, 0.717) is 12.0 Å². The smallest absolute Gasteiger partial charge is 0.247 e. The van der Waals surface area contributed by atoms with E-state index in [9.17, 15) is 4.79 Å². The highest BCUT2D eigenvalue weighted by atomic mass is 127. The molecule has 0 unspecified atom stereocenters. The van der Waals surface area contributed by atoms with Crippen LogP contribution in [0.2, 0.25) is 0 Å². The van der Waals surface area contributed by atoms with Crippen LogP contribution in [-0.2, 0) is 4.79 Å². The fourth-order valence-corrected chi connectivity index (χ4v) is 4.16. The number of carbonyl (C=O) groups excluding carboxylic acids is 1. The van der Waals surface area contributed by atoms with Gasteiger partial charge in [0.05, 0.1) is 5.69 Å². The Hall–Kier alpha value is -1.12. The van der Waals surface area contributed by atoms with Gasteiger partial charge < -0.3 is 15.5 Å². The van der Waals surface area contributed by atoms with Gasteiger partial charge in [0.15, 0.2) is 5.82 Å². The lowest BCUT2D eigenvalue weighted by atomic mass is 9.82. The molecular formula is C16H24IN5O. The van der Waals surface area contributed by atoms with E-state index in [4.69, 9.17) is 0 Å². The molecule has 0 radical (unpaired) electrons. The van der Waals surface area contributed by atoms with Crippen molar-refractivity contribution < 1.29 is 4.79 Å². The Morgan fingerprint density at radius 3 is 2.70 bits per heavy atom. The Morgan fingerprint density at radius 2 is 2.09 bits per heavy atom. The third-order valence-electron chi connectivity index (χ3n) is 4.76. The van der Waals surface area contributed by atoms with Crippen molar-refractivity contribution in [3.8, 4) is 0 Å². The van der Waals surface area contributed by atoms with Crippen molar-refractivity contribution in [1.29, 1.82) is 0 Å². The van der Waals surface area contributed by atoms with E-state index in [-0.39, 0.29) is 17.9 Å². The molecule has 2 aliphatic rings. The van der Waals surface area contributed by atoms with Gasteiger partial charge in [-0.05, 0) is 31.6 Å². The topological polar surface area (TPSA) is 70.1 Å². The minimum atomic E-state index is -0.197. The standard InChI is InChI=1S/C16H24IN5O/c1-8(2)13-15(23)20-12-9(3)18-16(21-14(12)22(13)4)19-11-5-10(6-11)7-17/h8,10-11,13H,5-7H2,1-4H3,(H,20,23)(H,18,19,21)/t10?,11?,13-/m0/s1. The van der Waals surface area contributed by atoms with Gasteiger partial charge in [-0.3, -0.25) is 4.79 Å². The van der Waals surface area contributed by atoms with Gasteiger partial charge in [-0.25, -0.2) is 4.98 Å².